The van der Waals surface area contributed by atoms with Gasteiger partial charge in [0.15, 0.2) is 10.3 Å². The first-order chi connectivity index (χ1) is 9.49. The van der Waals surface area contributed by atoms with Gasteiger partial charge in [-0.2, -0.15) is 0 Å². The molecule has 0 amide bonds. The molecule has 2 rings (SSSR count). The summed E-state index contributed by atoms with van der Waals surface area (Å²) < 4.78 is 1.62. The summed E-state index contributed by atoms with van der Waals surface area (Å²) in [6.07, 6.45) is 0.686. The fourth-order valence-corrected chi connectivity index (χ4v) is 2.55. The summed E-state index contributed by atoms with van der Waals surface area (Å²) in [5.41, 5.74) is 1.47. The largest absolute Gasteiger partial charge is 0.302 e. The molecule has 0 atom stereocenters. The molecule has 0 N–H and O–H groups in total. The molecule has 0 spiro atoms. The van der Waals surface area contributed by atoms with Crippen molar-refractivity contribution in [2.45, 2.75) is 26.8 Å². The van der Waals surface area contributed by atoms with Crippen LogP contribution in [-0.2, 0) is 13.0 Å². The molecule has 0 unspecified atom stereocenters. The predicted octanol–water partition coefficient (Wildman–Crippen LogP) is 3.80. The van der Waals surface area contributed by atoms with E-state index in [1.807, 2.05) is 30.3 Å². The molecular formula is C15H16Cl2N2O. The lowest BCUT2D eigenvalue weighted by molar-refractivity contribution is 0.586. The maximum Gasteiger partial charge on any atom is 0.288 e. The van der Waals surface area contributed by atoms with Crippen LogP contribution in [0.1, 0.15) is 25.1 Å². The van der Waals surface area contributed by atoms with Crippen molar-refractivity contribution in [2.75, 3.05) is 0 Å². The van der Waals surface area contributed by atoms with Crippen LogP contribution in [-0.4, -0.2) is 9.55 Å². The predicted molar refractivity (Wildman–Crippen MR) is 82.6 cm³/mol. The Bertz CT molecular complexity index is 651. The molecule has 0 fully saturated rings. The minimum atomic E-state index is -0.296. The fourth-order valence-electron chi connectivity index (χ4n) is 2.06. The Kier molecular flexibility index (Phi) is 4.84. The fraction of sp³-hybridized carbons (Fsp3) is 0.333. The highest BCUT2D eigenvalue weighted by atomic mass is 35.5. The Morgan fingerprint density at radius 2 is 1.80 bits per heavy atom. The molecule has 0 saturated carbocycles. The smallest absolute Gasteiger partial charge is 0.288 e. The second-order valence-corrected chi connectivity index (χ2v) is 5.83. The molecular weight excluding hydrogens is 295 g/mol. The van der Waals surface area contributed by atoms with Crippen LogP contribution >= 0.6 is 23.2 Å². The maximum absolute atomic E-state index is 12.2. The monoisotopic (exact) mass is 310 g/mol. The molecule has 106 valence electrons. The summed E-state index contributed by atoms with van der Waals surface area (Å²) in [5, 5.41) is 0.220. The van der Waals surface area contributed by atoms with Crippen LogP contribution in [0.15, 0.2) is 35.1 Å². The van der Waals surface area contributed by atoms with Gasteiger partial charge in [-0.3, -0.25) is 4.79 Å². The van der Waals surface area contributed by atoms with E-state index < -0.39 is 0 Å². The molecule has 1 aromatic heterocycles. The molecule has 1 aromatic carbocycles. The third kappa shape index (κ3) is 3.41. The van der Waals surface area contributed by atoms with E-state index in [1.54, 1.807) is 4.57 Å². The number of nitrogens with zero attached hydrogens (tertiary/aromatic N) is 2. The zero-order valence-electron chi connectivity index (χ0n) is 11.4. The van der Waals surface area contributed by atoms with Gasteiger partial charge >= 0.3 is 0 Å². The minimum absolute atomic E-state index is 0.0848. The second kappa shape index (κ2) is 6.42. The number of hydrogen-bond donors (Lipinski definition) is 0. The SMILES string of the molecule is CC(C)Cc1c(Cl)nc(Cl)c(=O)n1Cc1ccccc1. The van der Waals surface area contributed by atoms with Crippen LogP contribution in [0.4, 0.5) is 0 Å². The summed E-state index contributed by atoms with van der Waals surface area (Å²) in [7, 11) is 0. The van der Waals surface area contributed by atoms with Gasteiger partial charge in [-0.1, -0.05) is 67.4 Å². The molecule has 0 radical (unpaired) electrons. The first-order valence-corrected chi connectivity index (χ1v) is 7.23. The lowest BCUT2D eigenvalue weighted by Gasteiger charge is -2.16. The van der Waals surface area contributed by atoms with E-state index in [1.165, 1.54) is 0 Å². The molecule has 1 heterocycles. The Labute approximate surface area is 128 Å². The van der Waals surface area contributed by atoms with Crippen molar-refractivity contribution in [1.29, 1.82) is 0 Å². The Morgan fingerprint density at radius 1 is 1.15 bits per heavy atom. The number of halogens is 2. The van der Waals surface area contributed by atoms with Crippen LogP contribution in [0.5, 0.6) is 0 Å². The number of hydrogen-bond acceptors (Lipinski definition) is 2. The Balaban J connectivity index is 2.51. The van der Waals surface area contributed by atoms with Crippen molar-refractivity contribution < 1.29 is 0 Å². The summed E-state index contributed by atoms with van der Waals surface area (Å²) in [4.78, 5) is 16.2. The molecule has 0 aliphatic heterocycles. The average molecular weight is 311 g/mol. The lowest BCUT2D eigenvalue weighted by atomic mass is 10.1. The maximum atomic E-state index is 12.2. The zero-order valence-corrected chi connectivity index (χ0v) is 12.9. The van der Waals surface area contributed by atoms with Crippen molar-refractivity contribution in [3.8, 4) is 0 Å². The molecule has 2 aromatic rings. The summed E-state index contributed by atoms with van der Waals surface area (Å²) in [5.74, 6) is 0.372. The van der Waals surface area contributed by atoms with Crippen LogP contribution in [0.2, 0.25) is 10.3 Å². The molecule has 0 bridgehead atoms. The highest BCUT2D eigenvalue weighted by molar-refractivity contribution is 6.32. The second-order valence-electron chi connectivity index (χ2n) is 5.11. The van der Waals surface area contributed by atoms with Gasteiger partial charge in [0.25, 0.3) is 5.56 Å². The van der Waals surface area contributed by atoms with E-state index >= 15 is 0 Å². The van der Waals surface area contributed by atoms with Gasteiger partial charge < -0.3 is 4.57 Å². The van der Waals surface area contributed by atoms with Crippen LogP contribution in [0, 0.1) is 5.92 Å². The lowest BCUT2D eigenvalue weighted by Crippen LogP contribution is -2.27. The van der Waals surface area contributed by atoms with E-state index in [0.717, 1.165) is 11.3 Å². The molecule has 0 aliphatic rings. The van der Waals surface area contributed by atoms with Crippen molar-refractivity contribution >= 4 is 23.2 Å². The van der Waals surface area contributed by atoms with E-state index in [2.05, 4.69) is 18.8 Å². The van der Waals surface area contributed by atoms with Crippen molar-refractivity contribution in [3.63, 3.8) is 0 Å². The third-order valence-corrected chi connectivity index (χ3v) is 3.52. The highest BCUT2D eigenvalue weighted by Crippen LogP contribution is 2.18. The van der Waals surface area contributed by atoms with Gasteiger partial charge in [-0.15, -0.1) is 0 Å². The number of rotatable bonds is 4. The molecule has 0 saturated heterocycles. The van der Waals surface area contributed by atoms with Crippen molar-refractivity contribution in [3.05, 3.63) is 62.2 Å². The quantitative estimate of drug-likeness (QED) is 0.861. The molecule has 20 heavy (non-hydrogen) atoms. The van der Waals surface area contributed by atoms with Gasteiger partial charge in [0, 0.05) is 0 Å². The average Bonchev–Trinajstić information content (AvgIpc) is 2.41. The van der Waals surface area contributed by atoms with Crippen molar-refractivity contribution in [1.82, 2.24) is 9.55 Å². The van der Waals surface area contributed by atoms with Crippen LogP contribution in [0.25, 0.3) is 0 Å². The van der Waals surface area contributed by atoms with Crippen molar-refractivity contribution in [2.24, 2.45) is 5.92 Å². The first-order valence-electron chi connectivity index (χ1n) is 6.47. The molecule has 5 heteroatoms. The number of benzene rings is 1. The first kappa shape index (κ1) is 15.1. The van der Waals surface area contributed by atoms with Crippen LogP contribution in [0.3, 0.4) is 0 Å². The third-order valence-electron chi connectivity index (χ3n) is 2.97. The van der Waals surface area contributed by atoms with Gasteiger partial charge in [-0.05, 0) is 17.9 Å². The Morgan fingerprint density at radius 3 is 2.40 bits per heavy atom. The van der Waals surface area contributed by atoms with Crippen LogP contribution < -0.4 is 5.56 Å². The summed E-state index contributed by atoms with van der Waals surface area (Å²) in [6.45, 7) is 4.59. The number of aromatic nitrogens is 2. The van der Waals surface area contributed by atoms with Gasteiger partial charge in [0.05, 0.1) is 12.2 Å². The molecule has 3 nitrogen and oxygen atoms in total. The summed E-state index contributed by atoms with van der Waals surface area (Å²) in [6, 6.07) is 9.75. The topological polar surface area (TPSA) is 34.9 Å². The highest BCUT2D eigenvalue weighted by Gasteiger charge is 2.15. The van der Waals surface area contributed by atoms with E-state index in [-0.39, 0.29) is 10.7 Å². The van der Waals surface area contributed by atoms with Gasteiger partial charge in [0.1, 0.15) is 0 Å². The summed E-state index contributed by atoms with van der Waals surface area (Å²) >= 11 is 12.0. The van der Waals surface area contributed by atoms with Gasteiger partial charge in [-0.25, -0.2) is 4.98 Å². The normalized spacial score (nSPS) is 11.1. The standard InChI is InChI=1S/C15H16Cl2N2O/c1-10(2)8-12-13(16)18-14(17)15(20)19(12)9-11-6-4-3-5-7-11/h3-7,10H,8-9H2,1-2H3. The van der Waals surface area contributed by atoms with E-state index in [9.17, 15) is 4.79 Å². The molecule has 0 aliphatic carbocycles. The minimum Gasteiger partial charge on any atom is -0.302 e. The van der Waals surface area contributed by atoms with Gasteiger partial charge in [0.2, 0.25) is 0 Å². The van der Waals surface area contributed by atoms with E-state index in [4.69, 9.17) is 23.2 Å². The Hall–Kier alpha value is -1.32. The van der Waals surface area contributed by atoms with E-state index in [0.29, 0.717) is 24.0 Å². The zero-order chi connectivity index (χ0) is 14.7.